The fourth-order valence-electron chi connectivity index (χ4n) is 2.46. The lowest BCUT2D eigenvalue weighted by atomic mass is 10.2. The molecule has 0 bridgehead atoms. The number of aromatic nitrogens is 1. The van der Waals surface area contributed by atoms with Gasteiger partial charge in [-0.1, -0.05) is 13.8 Å². The summed E-state index contributed by atoms with van der Waals surface area (Å²) >= 11 is 1.42. The van der Waals surface area contributed by atoms with E-state index in [0.29, 0.717) is 6.04 Å². The SMILES string of the molecule is CCN(CC)C1CCN(c2nc(C(=O)O)cs2)C1. The second-order valence-corrected chi connectivity index (χ2v) is 5.27. The van der Waals surface area contributed by atoms with Crippen molar-refractivity contribution in [2.45, 2.75) is 26.3 Å². The number of rotatable bonds is 5. The van der Waals surface area contributed by atoms with Crippen molar-refractivity contribution in [3.63, 3.8) is 0 Å². The van der Waals surface area contributed by atoms with Gasteiger partial charge < -0.3 is 10.0 Å². The van der Waals surface area contributed by atoms with Gasteiger partial charge in [0.25, 0.3) is 0 Å². The first kappa shape index (κ1) is 13.3. The van der Waals surface area contributed by atoms with E-state index in [2.05, 4.69) is 28.6 Å². The monoisotopic (exact) mass is 269 g/mol. The van der Waals surface area contributed by atoms with Gasteiger partial charge in [0.1, 0.15) is 0 Å². The molecule has 0 radical (unpaired) electrons. The number of thiazole rings is 1. The Labute approximate surface area is 111 Å². The van der Waals surface area contributed by atoms with E-state index in [1.807, 2.05) is 0 Å². The zero-order chi connectivity index (χ0) is 13.1. The number of carboxylic acid groups (broad SMARTS) is 1. The van der Waals surface area contributed by atoms with E-state index in [4.69, 9.17) is 5.11 Å². The van der Waals surface area contributed by atoms with E-state index < -0.39 is 5.97 Å². The molecule has 1 saturated heterocycles. The highest BCUT2D eigenvalue weighted by Crippen LogP contribution is 2.26. The van der Waals surface area contributed by atoms with Crippen molar-refractivity contribution < 1.29 is 9.90 Å². The van der Waals surface area contributed by atoms with Crippen LogP contribution in [0.25, 0.3) is 0 Å². The van der Waals surface area contributed by atoms with Gasteiger partial charge in [-0.2, -0.15) is 0 Å². The molecule has 2 heterocycles. The Hall–Kier alpha value is -1.14. The molecule has 1 fully saturated rings. The molecule has 1 N–H and O–H groups in total. The Balaban J connectivity index is 2.01. The Morgan fingerprint density at radius 3 is 2.89 bits per heavy atom. The highest BCUT2D eigenvalue weighted by Gasteiger charge is 2.28. The number of hydrogen-bond acceptors (Lipinski definition) is 5. The van der Waals surface area contributed by atoms with Crippen molar-refractivity contribution >= 4 is 22.4 Å². The molecule has 0 aliphatic carbocycles. The highest BCUT2D eigenvalue weighted by molar-refractivity contribution is 7.13. The Kier molecular flexibility index (Phi) is 4.19. The topological polar surface area (TPSA) is 56.7 Å². The van der Waals surface area contributed by atoms with Crippen LogP contribution in [-0.2, 0) is 0 Å². The summed E-state index contributed by atoms with van der Waals surface area (Å²) in [6.45, 7) is 8.40. The van der Waals surface area contributed by atoms with Gasteiger partial charge in [0.15, 0.2) is 10.8 Å². The first-order chi connectivity index (χ1) is 8.65. The molecule has 0 saturated carbocycles. The van der Waals surface area contributed by atoms with E-state index in [1.54, 1.807) is 5.38 Å². The van der Waals surface area contributed by atoms with E-state index in [1.165, 1.54) is 11.3 Å². The van der Waals surface area contributed by atoms with Crippen LogP contribution in [0.5, 0.6) is 0 Å². The maximum atomic E-state index is 10.8. The molecule has 1 aliphatic heterocycles. The summed E-state index contributed by atoms with van der Waals surface area (Å²) in [4.78, 5) is 19.6. The molecule has 1 atom stereocenters. The minimum atomic E-state index is -0.947. The number of carbonyl (C=O) groups is 1. The van der Waals surface area contributed by atoms with Crippen molar-refractivity contribution in [2.75, 3.05) is 31.1 Å². The zero-order valence-corrected chi connectivity index (χ0v) is 11.6. The predicted octanol–water partition coefficient (Wildman–Crippen LogP) is 1.76. The van der Waals surface area contributed by atoms with Gasteiger partial charge >= 0.3 is 5.97 Å². The lowest BCUT2D eigenvalue weighted by Gasteiger charge is -2.25. The first-order valence-corrected chi connectivity index (χ1v) is 7.21. The predicted molar refractivity (Wildman–Crippen MR) is 72.6 cm³/mol. The zero-order valence-electron chi connectivity index (χ0n) is 10.8. The van der Waals surface area contributed by atoms with Gasteiger partial charge in [-0.05, 0) is 19.5 Å². The highest BCUT2D eigenvalue weighted by atomic mass is 32.1. The number of aromatic carboxylic acids is 1. The van der Waals surface area contributed by atoms with Crippen LogP contribution in [0.3, 0.4) is 0 Å². The maximum absolute atomic E-state index is 10.8. The third kappa shape index (κ3) is 2.64. The molecule has 2 rings (SSSR count). The summed E-state index contributed by atoms with van der Waals surface area (Å²) in [6.07, 6.45) is 1.13. The summed E-state index contributed by atoms with van der Waals surface area (Å²) < 4.78 is 0. The van der Waals surface area contributed by atoms with Gasteiger partial charge in [-0.3, -0.25) is 4.90 Å². The second-order valence-electron chi connectivity index (χ2n) is 4.43. The second kappa shape index (κ2) is 5.67. The Morgan fingerprint density at radius 2 is 2.33 bits per heavy atom. The molecule has 0 spiro atoms. The van der Waals surface area contributed by atoms with Crippen LogP contribution in [0.4, 0.5) is 5.13 Å². The van der Waals surface area contributed by atoms with Crippen molar-refractivity contribution in [3.8, 4) is 0 Å². The molecule has 0 amide bonds. The summed E-state index contributed by atoms with van der Waals surface area (Å²) in [5.74, 6) is -0.947. The van der Waals surface area contributed by atoms with Crippen molar-refractivity contribution in [2.24, 2.45) is 0 Å². The third-order valence-corrected chi connectivity index (χ3v) is 4.38. The summed E-state index contributed by atoms with van der Waals surface area (Å²) in [5.41, 5.74) is 0.154. The molecular formula is C12H19N3O2S. The van der Waals surface area contributed by atoms with Crippen LogP contribution in [0.15, 0.2) is 5.38 Å². The van der Waals surface area contributed by atoms with Crippen LogP contribution in [0.2, 0.25) is 0 Å². The number of carboxylic acids is 1. The Morgan fingerprint density at radius 1 is 1.61 bits per heavy atom. The van der Waals surface area contributed by atoms with Crippen LogP contribution in [0, 0.1) is 0 Å². The lowest BCUT2D eigenvalue weighted by Crippen LogP contribution is -2.37. The number of nitrogens with zero attached hydrogens (tertiary/aromatic N) is 3. The fourth-order valence-corrected chi connectivity index (χ4v) is 3.30. The molecule has 18 heavy (non-hydrogen) atoms. The maximum Gasteiger partial charge on any atom is 0.355 e. The fraction of sp³-hybridized carbons (Fsp3) is 0.667. The molecule has 1 aromatic heterocycles. The largest absolute Gasteiger partial charge is 0.476 e. The normalized spacial score (nSPS) is 19.7. The number of likely N-dealkylation sites (N-methyl/N-ethyl adjacent to an activating group) is 1. The average molecular weight is 269 g/mol. The lowest BCUT2D eigenvalue weighted by molar-refractivity contribution is 0.0691. The van der Waals surface area contributed by atoms with E-state index >= 15 is 0 Å². The van der Waals surface area contributed by atoms with Gasteiger partial charge in [-0.25, -0.2) is 9.78 Å². The molecule has 1 aliphatic rings. The van der Waals surface area contributed by atoms with Crippen molar-refractivity contribution in [1.29, 1.82) is 0 Å². The van der Waals surface area contributed by atoms with Crippen LogP contribution in [-0.4, -0.2) is 53.2 Å². The minimum Gasteiger partial charge on any atom is -0.476 e. The smallest absolute Gasteiger partial charge is 0.355 e. The first-order valence-electron chi connectivity index (χ1n) is 6.33. The van der Waals surface area contributed by atoms with Crippen LogP contribution < -0.4 is 4.90 Å². The van der Waals surface area contributed by atoms with Gasteiger partial charge in [0, 0.05) is 24.5 Å². The van der Waals surface area contributed by atoms with Crippen LogP contribution in [0.1, 0.15) is 30.8 Å². The van der Waals surface area contributed by atoms with E-state index in [9.17, 15) is 4.79 Å². The molecule has 100 valence electrons. The number of anilines is 1. The summed E-state index contributed by atoms with van der Waals surface area (Å²) in [6, 6.07) is 0.567. The minimum absolute atomic E-state index is 0.154. The molecule has 1 unspecified atom stereocenters. The summed E-state index contributed by atoms with van der Waals surface area (Å²) in [7, 11) is 0. The molecule has 1 aromatic rings. The molecular weight excluding hydrogens is 250 g/mol. The van der Waals surface area contributed by atoms with Gasteiger partial charge in [-0.15, -0.1) is 11.3 Å². The number of hydrogen-bond donors (Lipinski definition) is 1. The molecule has 6 heteroatoms. The summed E-state index contributed by atoms with van der Waals surface area (Å²) in [5, 5.41) is 11.3. The third-order valence-electron chi connectivity index (χ3n) is 3.47. The van der Waals surface area contributed by atoms with Gasteiger partial charge in [0.2, 0.25) is 0 Å². The van der Waals surface area contributed by atoms with Crippen LogP contribution >= 0.6 is 11.3 Å². The Bertz CT molecular complexity index is 417. The van der Waals surface area contributed by atoms with E-state index in [-0.39, 0.29) is 5.69 Å². The average Bonchev–Trinajstić information content (AvgIpc) is 2.98. The van der Waals surface area contributed by atoms with Crippen molar-refractivity contribution in [1.82, 2.24) is 9.88 Å². The van der Waals surface area contributed by atoms with E-state index in [0.717, 1.165) is 37.7 Å². The van der Waals surface area contributed by atoms with Gasteiger partial charge in [0.05, 0.1) is 0 Å². The molecule has 5 nitrogen and oxygen atoms in total. The quantitative estimate of drug-likeness (QED) is 0.882. The molecule has 0 aromatic carbocycles. The van der Waals surface area contributed by atoms with Crippen molar-refractivity contribution in [3.05, 3.63) is 11.1 Å². The standard InChI is InChI=1S/C12H19N3O2S/c1-3-14(4-2)9-5-6-15(7-9)12-13-10(8-18-12)11(16)17/h8-9H,3-7H2,1-2H3,(H,16,17).